The molecule has 0 bridgehead atoms. The highest BCUT2D eigenvalue weighted by Crippen LogP contribution is 2.33. The molecule has 0 amide bonds. The molecule has 0 aromatic heterocycles. The fraction of sp³-hybridized carbons (Fsp3) is 0.263. The molecule has 0 radical (unpaired) electrons. The molecule has 0 N–H and O–H groups in total. The first-order valence-corrected chi connectivity index (χ1v) is 7.93. The number of nitrogens with zero attached hydrogens (tertiary/aromatic N) is 1. The lowest BCUT2D eigenvalue weighted by molar-refractivity contribution is -0.140. The fourth-order valence-corrected chi connectivity index (χ4v) is 2.65. The first kappa shape index (κ1) is 21.1. The highest BCUT2D eigenvalue weighted by atomic mass is 35.5. The highest BCUT2D eigenvalue weighted by molar-refractivity contribution is 5.85. The van der Waals surface area contributed by atoms with Crippen molar-refractivity contribution in [3.05, 3.63) is 65.0 Å². The second kappa shape index (κ2) is 8.63. The zero-order valence-corrected chi connectivity index (χ0v) is 15.2. The molecule has 0 saturated carbocycles. The van der Waals surface area contributed by atoms with Crippen LogP contribution in [0.25, 0.3) is 6.08 Å². The number of alkyl halides is 3. The second-order valence-corrected chi connectivity index (χ2v) is 6.02. The first-order chi connectivity index (χ1) is 12.3. The lowest BCUT2D eigenvalue weighted by atomic mass is 10.1. The molecule has 27 heavy (non-hydrogen) atoms. The van der Waals surface area contributed by atoms with Gasteiger partial charge >= 0.3 is 6.18 Å². The van der Waals surface area contributed by atoms with Crippen LogP contribution in [0.1, 0.15) is 16.7 Å². The third-order valence-electron chi connectivity index (χ3n) is 3.92. The van der Waals surface area contributed by atoms with Crippen molar-refractivity contribution in [2.75, 3.05) is 20.4 Å². The molecule has 0 atom stereocenters. The summed E-state index contributed by atoms with van der Waals surface area (Å²) in [5.74, 6) is 0.167. The van der Waals surface area contributed by atoms with Crippen LogP contribution in [0.2, 0.25) is 0 Å². The van der Waals surface area contributed by atoms with Gasteiger partial charge in [0.25, 0.3) is 0 Å². The highest BCUT2D eigenvalue weighted by Gasteiger charge is 2.33. The summed E-state index contributed by atoms with van der Waals surface area (Å²) in [5.41, 5.74) is 0.173. The number of halogens is 5. The van der Waals surface area contributed by atoms with Gasteiger partial charge in [0.1, 0.15) is 5.82 Å². The van der Waals surface area contributed by atoms with Crippen LogP contribution in [0.3, 0.4) is 0 Å². The van der Waals surface area contributed by atoms with E-state index in [2.05, 4.69) is 0 Å². The smallest absolute Gasteiger partial charge is 0.419 e. The number of likely N-dealkylation sites (N-methyl/N-ethyl adjacent to an activating group) is 1. The van der Waals surface area contributed by atoms with Crippen LogP contribution < -0.4 is 9.47 Å². The van der Waals surface area contributed by atoms with Crippen molar-refractivity contribution < 1.29 is 27.0 Å². The van der Waals surface area contributed by atoms with E-state index in [-0.39, 0.29) is 19.2 Å². The average molecular weight is 404 g/mol. The van der Waals surface area contributed by atoms with Crippen LogP contribution in [0, 0.1) is 5.82 Å². The third kappa shape index (κ3) is 5.37. The molecule has 0 aliphatic carbocycles. The predicted molar refractivity (Wildman–Crippen MR) is 96.6 cm³/mol. The van der Waals surface area contributed by atoms with E-state index in [1.165, 1.54) is 6.07 Å². The molecule has 0 saturated heterocycles. The van der Waals surface area contributed by atoms with Crippen molar-refractivity contribution in [1.82, 2.24) is 4.90 Å². The summed E-state index contributed by atoms with van der Waals surface area (Å²) in [6.07, 6.45) is -1.31. The van der Waals surface area contributed by atoms with Crippen molar-refractivity contribution in [2.45, 2.75) is 12.7 Å². The third-order valence-corrected chi connectivity index (χ3v) is 3.92. The van der Waals surface area contributed by atoms with Crippen molar-refractivity contribution in [3.63, 3.8) is 0 Å². The molecular formula is C19H18ClF4NO2. The Bertz CT molecular complexity index is 824. The molecule has 0 fully saturated rings. The molecular weight excluding hydrogens is 386 g/mol. The second-order valence-electron chi connectivity index (χ2n) is 6.02. The molecule has 2 aromatic rings. The zero-order chi connectivity index (χ0) is 18.7. The molecule has 1 aliphatic heterocycles. The Morgan fingerprint density at radius 1 is 1.07 bits per heavy atom. The summed E-state index contributed by atoms with van der Waals surface area (Å²) in [7, 11) is 1.91. The van der Waals surface area contributed by atoms with E-state index >= 15 is 0 Å². The summed E-state index contributed by atoms with van der Waals surface area (Å²) in [6.45, 7) is 1.43. The summed E-state index contributed by atoms with van der Waals surface area (Å²) < 4.78 is 61.8. The number of ether oxygens (including phenoxy) is 2. The van der Waals surface area contributed by atoms with E-state index in [1.54, 1.807) is 12.2 Å². The van der Waals surface area contributed by atoms with Gasteiger partial charge in [0.05, 0.1) is 5.56 Å². The first-order valence-electron chi connectivity index (χ1n) is 7.93. The maximum atomic E-state index is 13.5. The lowest BCUT2D eigenvalue weighted by Gasteiger charge is -2.14. The molecule has 1 aliphatic rings. The van der Waals surface area contributed by atoms with E-state index in [0.717, 1.165) is 23.4 Å². The quantitative estimate of drug-likeness (QED) is 0.645. The number of hydrogen-bond acceptors (Lipinski definition) is 3. The van der Waals surface area contributed by atoms with E-state index in [9.17, 15) is 17.6 Å². The Kier molecular flexibility index (Phi) is 6.73. The van der Waals surface area contributed by atoms with Crippen LogP contribution in [0.15, 0.2) is 42.5 Å². The van der Waals surface area contributed by atoms with Crippen molar-refractivity contribution in [3.8, 4) is 11.5 Å². The molecule has 2 aromatic carbocycles. The van der Waals surface area contributed by atoms with E-state index in [0.29, 0.717) is 24.4 Å². The minimum absolute atomic E-state index is 0. The molecule has 1 heterocycles. The van der Waals surface area contributed by atoms with Crippen molar-refractivity contribution in [2.24, 2.45) is 0 Å². The monoisotopic (exact) mass is 403 g/mol. The van der Waals surface area contributed by atoms with Crippen LogP contribution in [0.4, 0.5) is 17.6 Å². The van der Waals surface area contributed by atoms with Crippen molar-refractivity contribution in [1.29, 1.82) is 0 Å². The normalized spacial score (nSPS) is 13.3. The summed E-state index contributed by atoms with van der Waals surface area (Å²) in [5, 5.41) is 0. The summed E-state index contributed by atoms with van der Waals surface area (Å²) >= 11 is 0. The summed E-state index contributed by atoms with van der Waals surface area (Å²) in [6, 6.07) is 8.60. The maximum absolute atomic E-state index is 13.5. The van der Waals surface area contributed by atoms with Crippen LogP contribution >= 0.6 is 12.4 Å². The number of hydrogen-bond donors (Lipinski definition) is 0. The molecule has 3 nitrogen and oxygen atoms in total. The number of fused-ring (bicyclic) bond motifs is 1. The van der Waals surface area contributed by atoms with Gasteiger partial charge in [-0.05, 0) is 42.4 Å². The van der Waals surface area contributed by atoms with Gasteiger partial charge in [-0.3, -0.25) is 4.90 Å². The van der Waals surface area contributed by atoms with E-state index in [1.807, 2.05) is 30.1 Å². The van der Waals surface area contributed by atoms with Gasteiger partial charge in [-0.1, -0.05) is 24.3 Å². The van der Waals surface area contributed by atoms with Gasteiger partial charge in [0, 0.05) is 13.1 Å². The van der Waals surface area contributed by atoms with Crippen LogP contribution in [-0.2, 0) is 12.7 Å². The van der Waals surface area contributed by atoms with Gasteiger partial charge in [-0.15, -0.1) is 12.4 Å². The summed E-state index contributed by atoms with van der Waals surface area (Å²) in [4.78, 5) is 2.01. The van der Waals surface area contributed by atoms with Crippen LogP contribution in [-0.4, -0.2) is 25.3 Å². The van der Waals surface area contributed by atoms with Crippen LogP contribution in [0.5, 0.6) is 11.5 Å². The number of rotatable bonds is 5. The largest absolute Gasteiger partial charge is 0.454 e. The fourth-order valence-electron chi connectivity index (χ4n) is 2.65. The predicted octanol–water partition coefficient (Wildman–Crippen LogP) is 5.14. The zero-order valence-electron chi connectivity index (χ0n) is 14.4. The van der Waals surface area contributed by atoms with Gasteiger partial charge < -0.3 is 9.47 Å². The van der Waals surface area contributed by atoms with Crippen molar-refractivity contribution >= 4 is 18.5 Å². The molecule has 0 spiro atoms. The van der Waals surface area contributed by atoms with E-state index in [4.69, 9.17) is 9.47 Å². The Balaban J connectivity index is 0.00000261. The standard InChI is InChI=1S/C19H17F4NO2.ClH/c1-24(11-14-5-7-17-18(10-14)26-12-25-17)8-2-3-13-4-6-15(16(20)9-13)19(21,22)23;/h2-7,9-10H,8,11-12H2,1H3;1H/b3-2+;. The Hall–Kier alpha value is -2.25. The van der Waals surface area contributed by atoms with Gasteiger partial charge in [0.15, 0.2) is 11.5 Å². The number of benzene rings is 2. The topological polar surface area (TPSA) is 21.7 Å². The Morgan fingerprint density at radius 3 is 2.52 bits per heavy atom. The SMILES string of the molecule is CN(C/C=C/c1ccc(C(F)(F)F)c(F)c1)Cc1ccc2c(c1)OCO2.Cl. The minimum atomic E-state index is -4.68. The average Bonchev–Trinajstić information content (AvgIpc) is 3.01. The molecule has 146 valence electrons. The minimum Gasteiger partial charge on any atom is -0.454 e. The van der Waals surface area contributed by atoms with Gasteiger partial charge in [-0.2, -0.15) is 13.2 Å². The van der Waals surface area contributed by atoms with Gasteiger partial charge in [-0.25, -0.2) is 4.39 Å². The lowest BCUT2D eigenvalue weighted by Crippen LogP contribution is -2.17. The maximum Gasteiger partial charge on any atom is 0.419 e. The molecule has 3 rings (SSSR count). The molecule has 0 unspecified atom stereocenters. The van der Waals surface area contributed by atoms with Gasteiger partial charge in [0.2, 0.25) is 6.79 Å². The molecule has 8 heteroatoms. The van der Waals surface area contributed by atoms with E-state index < -0.39 is 17.6 Å². The Morgan fingerprint density at radius 2 is 1.81 bits per heavy atom. The Labute approximate surface area is 160 Å².